The van der Waals surface area contributed by atoms with Crippen LogP contribution in [0, 0.1) is 0 Å². The lowest BCUT2D eigenvalue weighted by Gasteiger charge is -2.08. The lowest BCUT2D eigenvalue weighted by Crippen LogP contribution is -2.29. The number of hydrogen-bond donors (Lipinski definition) is 1. The largest absolute Gasteiger partial charge is 0.351 e. The van der Waals surface area contributed by atoms with Gasteiger partial charge >= 0.3 is 0 Å². The minimum absolute atomic E-state index is 0.0493. The van der Waals surface area contributed by atoms with Gasteiger partial charge in [0.15, 0.2) is 0 Å². The summed E-state index contributed by atoms with van der Waals surface area (Å²) in [6.07, 6.45) is 0.809. The molecule has 0 radical (unpaired) electrons. The van der Waals surface area contributed by atoms with Crippen LogP contribution in [-0.2, 0) is 0 Å². The van der Waals surface area contributed by atoms with Crippen molar-refractivity contribution in [3.05, 3.63) is 33.8 Å². The highest BCUT2D eigenvalue weighted by atomic mass is 35.5. The molecule has 0 saturated heterocycles. The van der Waals surface area contributed by atoms with E-state index in [2.05, 4.69) is 5.32 Å². The fourth-order valence-electron chi connectivity index (χ4n) is 1.09. The maximum absolute atomic E-state index is 11.7. The summed E-state index contributed by atoms with van der Waals surface area (Å²) < 4.78 is 0. The normalized spacial score (nSPS) is 12.2. The highest BCUT2D eigenvalue weighted by molar-refractivity contribution is 6.42. The van der Waals surface area contributed by atoms with Gasteiger partial charge in [-0.25, -0.2) is 0 Å². The van der Waals surface area contributed by atoms with Crippen LogP contribution in [0.2, 0.25) is 10.0 Å². The molecule has 0 aliphatic heterocycles. The minimum Gasteiger partial charge on any atom is -0.351 e. The van der Waals surface area contributed by atoms with Crippen molar-refractivity contribution in [3.8, 4) is 0 Å². The van der Waals surface area contributed by atoms with Gasteiger partial charge < -0.3 is 5.32 Å². The van der Waals surface area contributed by atoms with E-state index in [9.17, 15) is 4.79 Å². The fourth-order valence-corrected chi connectivity index (χ4v) is 1.46. The molecule has 1 N–H and O–H groups in total. The van der Waals surface area contributed by atoms with Gasteiger partial charge in [0.25, 0.3) is 5.91 Å². The van der Waals surface area contributed by atoms with Crippen molar-refractivity contribution < 1.29 is 4.79 Å². The van der Waals surface area contributed by atoms with Crippen LogP contribution >= 0.6 is 34.8 Å². The molecule has 1 aromatic rings. The molecule has 0 aromatic heterocycles. The number of benzene rings is 1. The second kappa shape index (κ2) is 6.33. The molecule has 1 amide bonds. The van der Waals surface area contributed by atoms with Crippen LogP contribution in [-0.4, -0.2) is 17.8 Å². The molecule has 1 rings (SSSR count). The average Bonchev–Trinajstić information content (AvgIpc) is 2.29. The topological polar surface area (TPSA) is 29.1 Å². The van der Waals surface area contributed by atoms with E-state index in [-0.39, 0.29) is 11.3 Å². The summed E-state index contributed by atoms with van der Waals surface area (Å²) in [6.45, 7) is 2.40. The zero-order valence-corrected chi connectivity index (χ0v) is 11.0. The van der Waals surface area contributed by atoms with Crippen molar-refractivity contribution in [1.29, 1.82) is 0 Å². The Labute approximate surface area is 110 Å². The molecule has 1 atom stereocenters. The molecule has 5 heteroatoms. The number of rotatable bonds is 4. The second-order valence-corrected chi connectivity index (χ2v) is 4.78. The van der Waals surface area contributed by atoms with Crippen molar-refractivity contribution in [1.82, 2.24) is 5.32 Å². The predicted octanol–water partition coefficient (Wildman–Crippen LogP) is 3.74. The fraction of sp³-hybridized carbons (Fsp3) is 0.364. The summed E-state index contributed by atoms with van der Waals surface area (Å²) in [5.74, 6) is -0.197. The highest BCUT2D eigenvalue weighted by Gasteiger charge is 2.09. The van der Waals surface area contributed by atoms with Gasteiger partial charge in [-0.1, -0.05) is 30.1 Å². The first-order valence-corrected chi connectivity index (χ1v) is 6.11. The number of alkyl halides is 1. The number of nitrogens with one attached hydrogen (secondary N) is 1. The molecule has 0 fully saturated rings. The third-order valence-corrected chi connectivity index (χ3v) is 3.31. The van der Waals surface area contributed by atoms with Crippen LogP contribution in [0.1, 0.15) is 23.7 Å². The van der Waals surface area contributed by atoms with Gasteiger partial charge in [0.1, 0.15) is 0 Å². The van der Waals surface area contributed by atoms with Gasteiger partial charge in [0.05, 0.1) is 15.4 Å². The van der Waals surface area contributed by atoms with E-state index < -0.39 is 0 Å². The van der Waals surface area contributed by atoms with Gasteiger partial charge in [-0.15, -0.1) is 11.6 Å². The number of halogens is 3. The molecule has 88 valence electrons. The van der Waals surface area contributed by atoms with Gasteiger partial charge in [0, 0.05) is 12.1 Å². The Hall–Kier alpha value is -0.440. The van der Waals surface area contributed by atoms with Crippen LogP contribution < -0.4 is 5.32 Å². The van der Waals surface area contributed by atoms with E-state index in [0.717, 1.165) is 6.42 Å². The SMILES string of the molecule is CCC(Cl)CNC(=O)c1ccc(Cl)c(Cl)c1. The summed E-state index contributed by atoms with van der Waals surface area (Å²) in [7, 11) is 0. The molecule has 0 aliphatic carbocycles. The van der Waals surface area contributed by atoms with Crippen molar-refractivity contribution >= 4 is 40.7 Å². The maximum atomic E-state index is 11.7. The van der Waals surface area contributed by atoms with Crippen LogP contribution in [0.5, 0.6) is 0 Å². The molecule has 0 spiro atoms. The Bertz CT molecular complexity index is 381. The summed E-state index contributed by atoms with van der Waals surface area (Å²) >= 11 is 17.5. The molecule has 2 nitrogen and oxygen atoms in total. The van der Waals surface area contributed by atoms with Crippen LogP contribution in [0.4, 0.5) is 0 Å². The molecule has 16 heavy (non-hydrogen) atoms. The molecule has 1 unspecified atom stereocenters. The summed E-state index contributed by atoms with van der Waals surface area (Å²) in [6, 6.07) is 4.75. The van der Waals surface area contributed by atoms with E-state index in [1.807, 2.05) is 6.92 Å². The zero-order valence-electron chi connectivity index (χ0n) is 8.77. The predicted molar refractivity (Wildman–Crippen MR) is 68.7 cm³/mol. The molecule has 0 aliphatic rings. The van der Waals surface area contributed by atoms with E-state index in [4.69, 9.17) is 34.8 Å². The quantitative estimate of drug-likeness (QED) is 0.836. The number of carbonyl (C=O) groups excluding carboxylic acids is 1. The van der Waals surface area contributed by atoms with Gasteiger partial charge in [0.2, 0.25) is 0 Å². The Balaban J connectivity index is 2.63. The van der Waals surface area contributed by atoms with Crippen molar-refractivity contribution in [3.63, 3.8) is 0 Å². The Kier molecular flexibility index (Phi) is 5.39. The van der Waals surface area contributed by atoms with Crippen molar-refractivity contribution in [2.45, 2.75) is 18.7 Å². The number of carbonyl (C=O) groups is 1. The summed E-state index contributed by atoms with van der Waals surface area (Å²) in [4.78, 5) is 11.7. The van der Waals surface area contributed by atoms with Crippen LogP contribution in [0.3, 0.4) is 0 Å². The molecular weight excluding hydrogens is 268 g/mol. The van der Waals surface area contributed by atoms with Gasteiger partial charge in [-0.2, -0.15) is 0 Å². The van der Waals surface area contributed by atoms with E-state index in [1.54, 1.807) is 12.1 Å². The zero-order chi connectivity index (χ0) is 12.1. The van der Waals surface area contributed by atoms with Gasteiger partial charge in [-0.3, -0.25) is 4.79 Å². The number of amides is 1. The average molecular weight is 281 g/mol. The minimum atomic E-state index is -0.197. The Morgan fingerprint density at radius 1 is 1.38 bits per heavy atom. The maximum Gasteiger partial charge on any atom is 0.251 e. The van der Waals surface area contributed by atoms with Crippen LogP contribution in [0.25, 0.3) is 0 Å². The lowest BCUT2D eigenvalue weighted by molar-refractivity contribution is 0.0953. The monoisotopic (exact) mass is 279 g/mol. The summed E-state index contributed by atoms with van der Waals surface area (Å²) in [5, 5.41) is 3.47. The molecular formula is C11H12Cl3NO. The molecule has 0 heterocycles. The van der Waals surface area contributed by atoms with Crippen LogP contribution in [0.15, 0.2) is 18.2 Å². The second-order valence-electron chi connectivity index (χ2n) is 3.34. The van der Waals surface area contributed by atoms with E-state index >= 15 is 0 Å². The first-order valence-electron chi connectivity index (χ1n) is 4.92. The first-order chi connectivity index (χ1) is 7.54. The van der Waals surface area contributed by atoms with Crippen molar-refractivity contribution in [2.75, 3.05) is 6.54 Å². The third kappa shape index (κ3) is 3.85. The lowest BCUT2D eigenvalue weighted by atomic mass is 10.2. The molecule has 0 saturated carbocycles. The van der Waals surface area contributed by atoms with Crippen molar-refractivity contribution in [2.24, 2.45) is 0 Å². The van der Waals surface area contributed by atoms with E-state index in [1.165, 1.54) is 6.07 Å². The standard InChI is InChI=1S/C11H12Cl3NO/c1-2-8(12)6-15-11(16)7-3-4-9(13)10(14)5-7/h3-5,8H,2,6H2,1H3,(H,15,16). The third-order valence-electron chi connectivity index (χ3n) is 2.11. The number of hydrogen-bond acceptors (Lipinski definition) is 1. The summed E-state index contributed by atoms with van der Waals surface area (Å²) in [5.41, 5.74) is 0.481. The van der Waals surface area contributed by atoms with E-state index in [0.29, 0.717) is 22.2 Å². The Morgan fingerprint density at radius 2 is 2.06 bits per heavy atom. The molecule has 0 bridgehead atoms. The smallest absolute Gasteiger partial charge is 0.251 e. The molecule has 1 aromatic carbocycles. The Morgan fingerprint density at radius 3 is 2.62 bits per heavy atom. The first kappa shape index (κ1) is 13.6. The van der Waals surface area contributed by atoms with Gasteiger partial charge in [-0.05, 0) is 24.6 Å². The highest BCUT2D eigenvalue weighted by Crippen LogP contribution is 2.22.